The number of rotatable bonds is 14. The summed E-state index contributed by atoms with van der Waals surface area (Å²) in [6.45, 7) is -0.00940. The van der Waals surface area contributed by atoms with E-state index in [0.29, 0.717) is 6.42 Å². The number of hydrogen-bond donors (Lipinski definition) is 3. The van der Waals surface area contributed by atoms with Gasteiger partial charge in [-0.15, -0.1) is 0 Å². The monoisotopic (exact) mass is 763 g/mol. The highest BCUT2D eigenvalue weighted by Gasteiger charge is 2.78. The second kappa shape index (κ2) is 14.7. The number of fused-ring (bicyclic) bond motifs is 4. The number of hydroxylamine groups is 2. The van der Waals surface area contributed by atoms with E-state index in [-0.39, 0.29) is 56.0 Å². The molecule has 7 atom stereocenters. The number of para-hydroxylation sites is 1. The summed E-state index contributed by atoms with van der Waals surface area (Å²) in [6, 6.07) is 22.6. The van der Waals surface area contributed by atoms with Crippen molar-refractivity contribution in [2.24, 2.45) is 17.3 Å². The van der Waals surface area contributed by atoms with Crippen LogP contribution >= 0.6 is 0 Å². The Labute approximate surface area is 326 Å². The van der Waals surface area contributed by atoms with Gasteiger partial charge in [-0.1, -0.05) is 84.9 Å². The number of aliphatic hydroxyl groups is 1. The number of aliphatic hydroxyl groups excluding tert-OH is 1. The second-order valence-corrected chi connectivity index (χ2v) is 16.3. The van der Waals surface area contributed by atoms with Crippen molar-refractivity contribution in [1.82, 2.24) is 15.3 Å². The van der Waals surface area contributed by atoms with E-state index in [1.165, 1.54) is 4.90 Å². The van der Waals surface area contributed by atoms with Gasteiger partial charge in [0, 0.05) is 38.3 Å². The number of aromatic hydroxyl groups is 1. The van der Waals surface area contributed by atoms with E-state index in [1.807, 2.05) is 78.9 Å². The zero-order chi connectivity index (χ0) is 38.6. The summed E-state index contributed by atoms with van der Waals surface area (Å²) in [5, 5.41) is 24.0. The number of benzene rings is 3. The molecule has 2 amide bonds. The van der Waals surface area contributed by atoms with Crippen LogP contribution in [-0.2, 0) is 52.8 Å². The zero-order valence-electron chi connectivity index (χ0n) is 31.5. The van der Waals surface area contributed by atoms with Crippen LogP contribution in [0.2, 0.25) is 0 Å². The Hall–Kier alpha value is -4.59. The molecular formula is C44H49N3O9. The fraction of sp³-hybridized carbons (Fsp3) is 0.477. The largest absolute Gasteiger partial charge is 0.508 e. The molecule has 56 heavy (non-hydrogen) atoms. The van der Waals surface area contributed by atoms with Crippen molar-refractivity contribution in [2.45, 2.75) is 93.8 Å². The van der Waals surface area contributed by atoms with Crippen LogP contribution in [0.15, 0.2) is 84.9 Å². The van der Waals surface area contributed by atoms with Gasteiger partial charge in [-0.2, -0.15) is 5.06 Å². The van der Waals surface area contributed by atoms with Gasteiger partial charge >= 0.3 is 5.97 Å². The Morgan fingerprint density at radius 1 is 0.946 bits per heavy atom. The number of nitrogens with zero attached hydrogens (tertiary/aromatic N) is 2. The number of phenolic OH excluding ortho intramolecular Hbond substituents is 1. The molecule has 6 fully saturated rings. The molecule has 3 aromatic rings. The van der Waals surface area contributed by atoms with Crippen molar-refractivity contribution in [3.63, 3.8) is 0 Å². The zero-order valence-corrected chi connectivity index (χ0v) is 31.5. The molecule has 3 heterocycles. The highest BCUT2D eigenvalue weighted by molar-refractivity contribution is 5.96. The molecular weight excluding hydrogens is 714 g/mol. The predicted octanol–water partition coefficient (Wildman–Crippen LogP) is 3.93. The van der Waals surface area contributed by atoms with Crippen molar-refractivity contribution in [3.8, 4) is 5.75 Å². The Balaban J connectivity index is 1.03. The van der Waals surface area contributed by atoms with Crippen LogP contribution < -0.4 is 5.32 Å². The lowest BCUT2D eigenvalue weighted by atomic mass is 9.62. The van der Waals surface area contributed by atoms with Gasteiger partial charge in [-0.3, -0.25) is 19.2 Å². The molecule has 0 unspecified atom stereocenters. The summed E-state index contributed by atoms with van der Waals surface area (Å²) < 4.78 is 20.1. The fourth-order valence-corrected chi connectivity index (χ4v) is 9.58. The summed E-state index contributed by atoms with van der Waals surface area (Å²) in [4.78, 5) is 51.8. The Morgan fingerprint density at radius 3 is 2.34 bits per heavy atom. The molecule has 6 aliphatic rings. The molecule has 3 aromatic carbocycles. The van der Waals surface area contributed by atoms with E-state index in [0.717, 1.165) is 47.9 Å². The molecule has 12 nitrogen and oxygen atoms in total. The maximum atomic E-state index is 15.4. The first kappa shape index (κ1) is 37.0. The van der Waals surface area contributed by atoms with Gasteiger partial charge in [0.25, 0.3) is 0 Å². The third-order valence-corrected chi connectivity index (χ3v) is 12.6. The summed E-state index contributed by atoms with van der Waals surface area (Å²) in [6.07, 6.45) is 6.11. The molecule has 3 saturated carbocycles. The van der Waals surface area contributed by atoms with Crippen LogP contribution in [0.1, 0.15) is 54.4 Å². The Morgan fingerprint density at radius 2 is 1.64 bits per heavy atom. The van der Waals surface area contributed by atoms with Gasteiger partial charge < -0.3 is 34.6 Å². The lowest BCUT2D eigenvalue weighted by molar-refractivity contribution is -0.235. The summed E-state index contributed by atoms with van der Waals surface area (Å²) >= 11 is 0. The van der Waals surface area contributed by atoms with Crippen LogP contribution in [0.3, 0.4) is 0 Å². The van der Waals surface area contributed by atoms with Crippen molar-refractivity contribution >= 4 is 23.9 Å². The minimum absolute atomic E-state index is 0.0401. The molecule has 3 saturated heterocycles. The van der Waals surface area contributed by atoms with Gasteiger partial charge in [0.15, 0.2) is 11.8 Å². The number of ether oxygens (including phenoxy) is 3. The number of nitrogens with one attached hydrogen (secondary N) is 1. The van der Waals surface area contributed by atoms with E-state index in [9.17, 15) is 19.8 Å². The second-order valence-electron chi connectivity index (χ2n) is 16.3. The Kier molecular flexibility index (Phi) is 9.73. The minimum atomic E-state index is -1.43. The molecule has 3 aliphatic heterocycles. The molecule has 0 spiro atoms. The minimum Gasteiger partial charge on any atom is -0.508 e. The molecule has 9 rings (SSSR count). The third kappa shape index (κ3) is 6.51. The fourth-order valence-electron chi connectivity index (χ4n) is 9.58. The van der Waals surface area contributed by atoms with Crippen LogP contribution in [0.4, 0.5) is 0 Å². The number of hydrogen-bond acceptors (Lipinski definition) is 10. The van der Waals surface area contributed by atoms with Gasteiger partial charge in [0.2, 0.25) is 11.8 Å². The maximum absolute atomic E-state index is 15.4. The highest BCUT2D eigenvalue weighted by atomic mass is 16.8. The summed E-state index contributed by atoms with van der Waals surface area (Å²) in [7, 11) is 1.62. The summed E-state index contributed by atoms with van der Waals surface area (Å²) in [5.74, 6) is -1.39. The number of esters is 1. The molecule has 2 bridgehead atoms. The van der Waals surface area contributed by atoms with Crippen molar-refractivity contribution in [2.75, 3.05) is 20.2 Å². The number of phenols is 1. The molecule has 3 N–H and O–H groups in total. The standard InChI is InChI=1S/C44H49N3O9/c1-46(33(40(50)45-22-23-48)24-28-8-3-2-4-9-28)42(52)43-25-35-36-37(55-44(54-36,31-18-19-31)32-20-21-32)39(43)56-47(38(43)41(51)53-35)26-29-16-14-27(15-17-29)10-7-12-30-11-5-6-13-34(30)49/h2-11,13-17,31-33,35-39,48-49H,12,18-26H2,1H3,(H,45,50)/t33-,35-,36+,37+,38+,39-,43+/m1/s1. The lowest BCUT2D eigenvalue weighted by Gasteiger charge is -2.50. The van der Waals surface area contributed by atoms with Crippen LogP contribution in [-0.4, -0.2) is 100 Å². The van der Waals surface area contributed by atoms with Crippen LogP contribution in [0, 0.1) is 17.3 Å². The normalized spacial score (nSPS) is 29.5. The Bertz CT molecular complexity index is 1970. The van der Waals surface area contributed by atoms with E-state index < -0.39 is 59.6 Å². The average molecular weight is 764 g/mol. The first-order chi connectivity index (χ1) is 27.2. The van der Waals surface area contributed by atoms with Crippen LogP contribution in [0.25, 0.3) is 6.08 Å². The first-order valence-corrected chi connectivity index (χ1v) is 19.9. The number of amides is 2. The van der Waals surface area contributed by atoms with Crippen molar-refractivity contribution in [1.29, 1.82) is 0 Å². The molecule has 294 valence electrons. The predicted molar refractivity (Wildman–Crippen MR) is 203 cm³/mol. The first-order valence-electron chi connectivity index (χ1n) is 19.9. The molecule has 0 aromatic heterocycles. The smallest absolute Gasteiger partial charge is 0.327 e. The lowest BCUT2D eigenvalue weighted by Crippen LogP contribution is -2.70. The average Bonchev–Trinajstić information content (AvgIpc) is 4.16. The number of likely N-dealkylation sites (N-methyl/N-ethyl adjacent to an activating group) is 1. The van der Waals surface area contributed by atoms with E-state index in [1.54, 1.807) is 24.2 Å². The van der Waals surface area contributed by atoms with Gasteiger partial charge in [-0.25, -0.2) is 0 Å². The van der Waals surface area contributed by atoms with Gasteiger partial charge in [-0.05, 0) is 60.4 Å². The topological polar surface area (TPSA) is 147 Å². The van der Waals surface area contributed by atoms with Crippen molar-refractivity contribution < 1.29 is 43.6 Å². The molecule has 3 aliphatic carbocycles. The van der Waals surface area contributed by atoms with E-state index >= 15 is 4.79 Å². The number of carbonyl (C=O) groups is 3. The van der Waals surface area contributed by atoms with Crippen molar-refractivity contribution in [3.05, 3.63) is 107 Å². The maximum Gasteiger partial charge on any atom is 0.327 e. The number of allylic oxidation sites excluding steroid dienone is 1. The molecule has 0 radical (unpaired) electrons. The number of carbonyl (C=O) groups excluding carboxylic acids is 3. The summed E-state index contributed by atoms with van der Waals surface area (Å²) in [5.41, 5.74) is 2.10. The van der Waals surface area contributed by atoms with E-state index in [4.69, 9.17) is 19.0 Å². The van der Waals surface area contributed by atoms with Gasteiger partial charge in [0.05, 0.1) is 13.2 Å². The van der Waals surface area contributed by atoms with E-state index in [2.05, 4.69) is 5.32 Å². The quantitative estimate of drug-likeness (QED) is 0.207. The highest BCUT2D eigenvalue weighted by Crippen LogP contribution is 2.64. The molecule has 12 heteroatoms. The van der Waals surface area contributed by atoms with Crippen LogP contribution in [0.5, 0.6) is 5.75 Å². The SMILES string of the molecule is CN(C(=O)[C@@]12C[C@H]3OC(=O)[C@@H]1N(Cc1ccc(C=CCc4ccccc4O)cc1)O[C@@H]2[C@H]1OC(C2CC2)(C2CC2)O[C@H]13)[C@H](Cc1ccccc1)C(=O)NCCO. The third-order valence-electron chi connectivity index (χ3n) is 12.6. The van der Waals surface area contributed by atoms with Gasteiger partial charge in [0.1, 0.15) is 41.6 Å².